The zero-order chi connectivity index (χ0) is 16.2. The summed E-state index contributed by atoms with van der Waals surface area (Å²) < 4.78 is 6.69. The average Bonchev–Trinajstić information content (AvgIpc) is 2.58. The van der Waals surface area contributed by atoms with E-state index in [0.29, 0.717) is 5.75 Å². The molecule has 23 heavy (non-hydrogen) atoms. The topological polar surface area (TPSA) is 61.2 Å². The van der Waals surface area contributed by atoms with Crippen LogP contribution in [-0.4, -0.2) is 22.4 Å². The summed E-state index contributed by atoms with van der Waals surface area (Å²) in [6, 6.07) is 7.43. The normalized spacial score (nSPS) is 13.4. The van der Waals surface area contributed by atoms with Crippen LogP contribution in [0.25, 0.3) is 0 Å². The van der Waals surface area contributed by atoms with Gasteiger partial charge in [0.15, 0.2) is 5.78 Å². The number of methoxy groups -OCH3 is 1. The van der Waals surface area contributed by atoms with Gasteiger partial charge in [-0.15, -0.1) is 0 Å². The third-order valence-electron chi connectivity index (χ3n) is 4.24. The molecular formula is C18H20N2O3. The Morgan fingerprint density at radius 3 is 2.87 bits per heavy atom. The Labute approximate surface area is 134 Å². The second-order valence-electron chi connectivity index (χ2n) is 5.84. The van der Waals surface area contributed by atoms with Gasteiger partial charge in [0.25, 0.3) is 5.56 Å². The van der Waals surface area contributed by atoms with E-state index in [1.165, 1.54) is 10.9 Å². The predicted octanol–water partition coefficient (Wildman–Crippen LogP) is 1.94. The molecule has 5 nitrogen and oxygen atoms in total. The molecule has 0 N–H and O–H groups in total. The summed E-state index contributed by atoms with van der Waals surface area (Å²) in [7, 11) is 1.58. The number of ketones is 1. The van der Waals surface area contributed by atoms with Crippen molar-refractivity contribution in [3.63, 3.8) is 0 Å². The summed E-state index contributed by atoms with van der Waals surface area (Å²) in [5, 5.41) is 0. The first-order chi connectivity index (χ1) is 11.2. The molecule has 0 spiro atoms. The molecule has 0 atom stereocenters. The highest BCUT2D eigenvalue weighted by atomic mass is 16.5. The molecule has 1 aliphatic carbocycles. The van der Waals surface area contributed by atoms with Crippen LogP contribution in [-0.2, 0) is 30.6 Å². The van der Waals surface area contributed by atoms with Crippen LogP contribution < -0.4 is 10.3 Å². The van der Waals surface area contributed by atoms with Crippen molar-refractivity contribution in [2.75, 3.05) is 7.11 Å². The number of benzene rings is 1. The number of rotatable bonds is 5. The number of hydrogen-bond acceptors (Lipinski definition) is 4. The lowest BCUT2D eigenvalue weighted by Gasteiger charge is -2.15. The lowest BCUT2D eigenvalue weighted by molar-refractivity contribution is -0.119. The number of hydrogen-bond donors (Lipinski definition) is 0. The zero-order valence-corrected chi connectivity index (χ0v) is 13.2. The molecule has 0 radical (unpaired) electrons. The number of fused-ring (bicyclic) bond motifs is 1. The molecule has 0 amide bonds. The number of ether oxygens (including phenoxy) is 1. The monoisotopic (exact) mass is 312 g/mol. The van der Waals surface area contributed by atoms with E-state index < -0.39 is 0 Å². The summed E-state index contributed by atoms with van der Waals surface area (Å²) in [4.78, 5) is 29.2. The lowest BCUT2D eigenvalue weighted by atomic mass is 9.97. The quantitative estimate of drug-likeness (QED) is 0.846. The van der Waals surface area contributed by atoms with E-state index in [1.54, 1.807) is 7.11 Å². The zero-order valence-electron chi connectivity index (χ0n) is 13.2. The van der Waals surface area contributed by atoms with E-state index in [-0.39, 0.29) is 24.3 Å². The Morgan fingerprint density at radius 2 is 2.04 bits per heavy atom. The first-order valence-corrected chi connectivity index (χ1v) is 7.90. The lowest BCUT2D eigenvalue weighted by Crippen LogP contribution is -2.30. The SMILES string of the molecule is COc1ccccc1CC(=O)Cn1cnc2c(c1=O)CCCC2. The van der Waals surface area contributed by atoms with E-state index >= 15 is 0 Å². The maximum atomic E-state index is 12.5. The smallest absolute Gasteiger partial charge is 0.257 e. The van der Waals surface area contributed by atoms with Gasteiger partial charge in [0.2, 0.25) is 0 Å². The maximum absolute atomic E-state index is 12.5. The van der Waals surface area contributed by atoms with Crippen LogP contribution in [0.3, 0.4) is 0 Å². The first kappa shape index (κ1) is 15.5. The summed E-state index contributed by atoms with van der Waals surface area (Å²) in [6.07, 6.45) is 5.47. The van der Waals surface area contributed by atoms with E-state index in [0.717, 1.165) is 42.5 Å². The van der Waals surface area contributed by atoms with Gasteiger partial charge in [-0.05, 0) is 31.7 Å². The molecule has 1 aromatic carbocycles. The minimum absolute atomic E-state index is 0.0332. The Morgan fingerprint density at radius 1 is 1.26 bits per heavy atom. The van der Waals surface area contributed by atoms with E-state index in [4.69, 9.17) is 4.74 Å². The molecule has 3 rings (SSSR count). The van der Waals surface area contributed by atoms with E-state index in [2.05, 4.69) is 4.98 Å². The number of carbonyl (C=O) groups is 1. The molecule has 0 fully saturated rings. The second-order valence-corrected chi connectivity index (χ2v) is 5.84. The average molecular weight is 312 g/mol. The Bertz CT molecular complexity index is 780. The number of para-hydroxylation sites is 1. The van der Waals surface area contributed by atoms with Gasteiger partial charge in [-0.3, -0.25) is 14.2 Å². The van der Waals surface area contributed by atoms with Crippen molar-refractivity contribution in [1.82, 2.24) is 9.55 Å². The third kappa shape index (κ3) is 3.33. The fraction of sp³-hybridized carbons (Fsp3) is 0.389. The molecule has 0 bridgehead atoms. The molecule has 0 unspecified atom stereocenters. The fourth-order valence-corrected chi connectivity index (χ4v) is 3.05. The highest BCUT2D eigenvalue weighted by molar-refractivity contribution is 5.81. The van der Waals surface area contributed by atoms with Crippen molar-refractivity contribution in [2.45, 2.75) is 38.6 Å². The summed E-state index contributed by atoms with van der Waals surface area (Å²) in [6.45, 7) is 0.0527. The van der Waals surface area contributed by atoms with Crippen LogP contribution in [0.15, 0.2) is 35.4 Å². The van der Waals surface area contributed by atoms with Gasteiger partial charge < -0.3 is 4.74 Å². The summed E-state index contributed by atoms with van der Waals surface area (Å²) in [5.41, 5.74) is 2.44. The maximum Gasteiger partial charge on any atom is 0.257 e. The van der Waals surface area contributed by atoms with Crippen molar-refractivity contribution in [1.29, 1.82) is 0 Å². The molecule has 1 aromatic heterocycles. The molecular weight excluding hydrogens is 292 g/mol. The van der Waals surface area contributed by atoms with Crippen LogP contribution in [0.5, 0.6) is 5.75 Å². The number of aromatic nitrogens is 2. The first-order valence-electron chi connectivity index (χ1n) is 7.90. The van der Waals surface area contributed by atoms with Gasteiger partial charge in [0.1, 0.15) is 5.75 Å². The fourth-order valence-electron chi connectivity index (χ4n) is 3.05. The third-order valence-corrected chi connectivity index (χ3v) is 4.24. The van der Waals surface area contributed by atoms with Crippen molar-refractivity contribution in [2.24, 2.45) is 0 Å². The van der Waals surface area contributed by atoms with Gasteiger partial charge in [0.05, 0.1) is 25.7 Å². The van der Waals surface area contributed by atoms with Crippen LogP contribution in [0, 0.1) is 0 Å². The van der Waals surface area contributed by atoms with Crippen molar-refractivity contribution >= 4 is 5.78 Å². The molecule has 0 saturated heterocycles. The molecule has 0 aliphatic heterocycles. The second kappa shape index (κ2) is 6.77. The molecule has 0 saturated carbocycles. The summed E-state index contributed by atoms with van der Waals surface area (Å²) in [5.74, 6) is 0.658. The Hall–Kier alpha value is -2.43. The molecule has 120 valence electrons. The number of carbonyl (C=O) groups excluding carboxylic acids is 1. The van der Waals surface area contributed by atoms with Crippen molar-refractivity contribution < 1.29 is 9.53 Å². The molecule has 2 aromatic rings. The largest absolute Gasteiger partial charge is 0.496 e. The Kier molecular flexibility index (Phi) is 4.55. The standard InChI is InChI=1S/C18H20N2O3/c1-23-17-9-5-2-6-13(17)10-14(21)11-20-12-19-16-8-4-3-7-15(16)18(20)22/h2,5-6,9,12H,3-4,7-8,10-11H2,1H3. The van der Waals surface area contributed by atoms with Crippen LogP contribution >= 0.6 is 0 Å². The number of nitrogens with zero attached hydrogens (tertiary/aromatic N) is 2. The van der Waals surface area contributed by atoms with Crippen LogP contribution in [0.4, 0.5) is 0 Å². The van der Waals surface area contributed by atoms with Gasteiger partial charge in [-0.25, -0.2) is 4.98 Å². The summed E-state index contributed by atoms with van der Waals surface area (Å²) >= 11 is 0. The molecule has 1 heterocycles. The van der Waals surface area contributed by atoms with Gasteiger partial charge in [-0.2, -0.15) is 0 Å². The van der Waals surface area contributed by atoms with Crippen LogP contribution in [0.1, 0.15) is 29.7 Å². The van der Waals surface area contributed by atoms with Gasteiger partial charge >= 0.3 is 0 Å². The van der Waals surface area contributed by atoms with Crippen LogP contribution in [0.2, 0.25) is 0 Å². The van der Waals surface area contributed by atoms with Crippen molar-refractivity contribution in [3.05, 3.63) is 57.8 Å². The van der Waals surface area contributed by atoms with E-state index in [1.807, 2.05) is 24.3 Å². The predicted molar refractivity (Wildman–Crippen MR) is 86.8 cm³/mol. The highest BCUT2D eigenvalue weighted by Gasteiger charge is 2.17. The number of Topliss-reactive ketones (excluding diaryl/α,β-unsaturated/α-hetero) is 1. The van der Waals surface area contributed by atoms with Crippen molar-refractivity contribution in [3.8, 4) is 5.75 Å². The number of aryl methyl sites for hydroxylation is 1. The minimum atomic E-state index is -0.0666. The minimum Gasteiger partial charge on any atom is -0.496 e. The van der Waals surface area contributed by atoms with Gasteiger partial charge in [0, 0.05) is 17.5 Å². The van der Waals surface area contributed by atoms with Gasteiger partial charge in [-0.1, -0.05) is 18.2 Å². The highest BCUT2D eigenvalue weighted by Crippen LogP contribution is 2.18. The molecule has 5 heteroatoms. The molecule has 1 aliphatic rings. The Balaban J connectivity index is 1.77. The van der Waals surface area contributed by atoms with E-state index in [9.17, 15) is 9.59 Å².